The molecule has 5 aromatic rings. The van der Waals surface area contributed by atoms with Crippen LogP contribution in [0, 0.1) is 24.5 Å². The summed E-state index contributed by atoms with van der Waals surface area (Å²) in [5, 5.41) is 5.40. The van der Waals surface area contributed by atoms with Crippen LogP contribution in [0.4, 0.5) is 14.6 Å². The molecule has 9 nitrogen and oxygen atoms in total. The number of nitrogen functional groups attached to an aromatic ring is 1. The van der Waals surface area contributed by atoms with Crippen molar-refractivity contribution in [2.75, 3.05) is 32.0 Å². The number of rotatable bonds is 7. The molecular formula is C32H30F2N6O3. The first-order valence-electron chi connectivity index (χ1n) is 14.3. The average molecular weight is 585 g/mol. The number of ether oxygens (including phenoxy) is 2. The number of benzene rings is 2. The largest absolute Gasteiger partial charge is 0.433 e. The lowest BCUT2D eigenvalue weighted by atomic mass is 9.95. The molecule has 2 aromatic carbocycles. The van der Waals surface area contributed by atoms with Crippen LogP contribution in [0.25, 0.3) is 16.6 Å². The number of aryl methyl sites for hydroxylation is 1. The molecule has 0 aliphatic carbocycles. The Kier molecular flexibility index (Phi) is 6.91. The SMILES string of the molecule is Cc1cc(Oc2c(F)cccc2F)ncc1-n1ncc(C(=O)c2cc3c4c(ccc3[nH]2)CN(CC2CCOC2)CC4)c1N. The Morgan fingerprint density at radius 2 is 2.02 bits per heavy atom. The van der Waals surface area contributed by atoms with Gasteiger partial charge in [-0.25, -0.2) is 18.4 Å². The number of nitrogens with zero attached hydrogens (tertiary/aromatic N) is 4. The van der Waals surface area contributed by atoms with Crippen LogP contribution in [0.1, 0.15) is 39.2 Å². The van der Waals surface area contributed by atoms with Crippen LogP contribution in [0.2, 0.25) is 0 Å². The Hall–Kier alpha value is -4.61. The summed E-state index contributed by atoms with van der Waals surface area (Å²) >= 11 is 0. The molecule has 5 heterocycles. The second-order valence-electron chi connectivity index (χ2n) is 11.2. The highest BCUT2D eigenvalue weighted by Crippen LogP contribution is 2.32. The summed E-state index contributed by atoms with van der Waals surface area (Å²) < 4.78 is 40.4. The number of hydrogen-bond acceptors (Lipinski definition) is 7. The summed E-state index contributed by atoms with van der Waals surface area (Å²) in [5.74, 6) is -1.73. The predicted octanol–water partition coefficient (Wildman–Crippen LogP) is 5.34. The van der Waals surface area contributed by atoms with Crippen molar-refractivity contribution in [3.8, 4) is 17.3 Å². The van der Waals surface area contributed by atoms with Crippen molar-refractivity contribution in [3.05, 3.63) is 94.4 Å². The van der Waals surface area contributed by atoms with Gasteiger partial charge in [-0.15, -0.1) is 0 Å². The van der Waals surface area contributed by atoms with E-state index in [0.717, 1.165) is 68.7 Å². The van der Waals surface area contributed by atoms with Crippen LogP contribution in [-0.4, -0.2) is 56.7 Å². The fraction of sp³-hybridized carbons (Fsp3) is 0.281. The quantitative estimate of drug-likeness (QED) is 0.249. The molecule has 0 spiro atoms. The van der Waals surface area contributed by atoms with E-state index in [1.165, 1.54) is 40.3 Å². The summed E-state index contributed by atoms with van der Waals surface area (Å²) in [6.07, 6.45) is 4.90. The maximum absolute atomic E-state index is 14.0. The van der Waals surface area contributed by atoms with Gasteiger partial charge in [0.05, 0.1) is 35.9 Å². The topological polar surface area (TPSA) is 111 Å². The fourth-order valence-electron chi connectivity index (χ4n) is 6.07. The summed E-state index contributed by atoms with van der Waals surface area (Å²) in [4.78, 5) is 23.6. The zero-order chi connectivity index (χ0) is 29.7. The van der Waals surface area contributed by atoms with Gasteiger partial charge in [0.1, 0.15) is 5.82 Å². The van der Waals surface area contributed by atoms with Crippen molar-refractivity contribution >= 4 is 22.5 Å². The maximum Gasteiger partial charge on any atom is 0.219 e. The second-order valence-corrected chi connectivity index (χ2v) is 11.2. The number of para-hydroxylation sites is 1. The van der Waals surface area contributed by atoms with Gasteiger partial charge in [0.15, 0.2) is 11.6 Å². The standard InChI is InChI=1S/C32H30F2N6O3/c1-18-11-29(43-31-24(33)3-2-4-25(31)34)36-14-28(18)40-32(35)23(13-37-40)30(41)27-12-22-21-7-9-39(15-19-8-10-42-17-19)16-20(21)5-6-26(22)38-27/h2-6,11-14,19,38H,7-10,15-17,35H2,1H3. The smallest absolute Gasteiger partial charge is 0.219 e. The van der Waals surface area contributed by atoms with Crippen LogP contribution in [-0.2, 0) is 17.7 Å². The van der Waals surface area contributed by atoms with Gasteiger partial charge in [0, 0.05) is 43.2 Å². The third-order valence-electron chi connectivity index (χ3n) is 8.33. The van der Waals surface area contributed by atoms with Gasteiger partial charge in [-0.2, -0.15) is 5.10 Å². The van der Waals surface area contributed by atoms with E-state index < -0.39 is 17.4 Å². The van der Waals surface area contributed by atoms with Crippen LogP contribution >= 0.6 is 0 Å². The molecule has 2 aliphatic rings. The van der Waals surface area contributed by atoms with Crippen LogP contribution in [0.5, 0.6) is 11.6 Å². The van der Waals surface area contributed by atoms with E-state index in [4.69, 9.17) is 15.2 Å². The number of H-pyrrole nitrogens is 1. The molecule has 11 heteroatoms. The minimum atomic E-state index is -0.836. The highest BCUT2D eigenvalue weighted by Gasteiger charge is 2.26. The highest BCUT2D eigenvalue weighted by molar-refractivity contribution is 6.12. The Labute approximate surface area is 246 Å². The Morgan fingerprint density at radius 3 is 2.79 bits per heavy atom. The van der Waals surface area contributed by atoms with Crippen LogP contribution in [0.15, 0.2) is 54.9 Å². The van der Waals surface area contributed by atoms with Gasteiger partial charge >= 0.3 is 0 Å². The number of nitrogens with one attached hydrogen (secondary N) is 1. The zero-order valence-corrected chi connectivity index (χ0v) is 23.6. The second kappa shape index (κ2) is 10.9. The normalized spacial score (nSPS) is 17.0. The van der Waals surface area contributed by atoms with E-state index in [2.05, 4.69) is 26.0 Å². The molecule has 0 amide bonds. The molecule has 1 unspecified atom stereocenters. The number of nitrogens with two attached hydrogens (primary N) is 1. The number of halogens is 2. The maximum atomic E-state index is 14.0. The number of aromatic amines is 1. The van der Waals surface area contributed by atoms with Crippen molar-refractivity contribution in [2.45, 2.75) is 26.3 Å². The highest BCUT2D eigenvalue weighted by atomic mass is 19.1. The van der Waals surface area contributed by atoms with Crippen LogP contribution < -0.4 is 10.5 Å². The average Bonchev–Trinajstić information content (AvgIpc) is 3.75. The van der Waals surface area contributed by atoms with Crippen molar-refractivity contribution in [2.24, 2.45) is 5.92 Å². The Morgan fingerprint density at radius 1 is 1.19 bits per heavy atom. The minimum absolute atomic E-state index is 0.00404. The number of hydrogen-bond donors (Lipinski definition) is 2. The molecule has 0 bridgehead atoms. The van der Waals surface area contributed by atoms with E-state index in [-0.39, 0.29) is 23.0 Å². The summed E-state index contributed by atoms with van der Waals surface area (Å²) in [5.41, 5.74) is 11.7. The van der Waals surface area contributed by atoms with Gasteiger partial charge in [-0.1, -0.05) is 12.1 Å². The lowest BCUT2D eigenvalue weighted by molar-refractivity contribution is 0.103. The van der Waals surface area contributed by atoms with Gasteiger partial charge in [0.2, 0.25) is 17.4 Å². The lowest BCUT2D eigenvalue weighted by Gasteiger charge is -2.30. The summed E-state index contributed by atoms with van der Waals surface area (Å²) in [6, 6.07) is 11.1. The van der Waals surface area contributed by atoms with E-state index in [9.17, 15) is 13.6 Å². The molecule has 1 fully saturated rings. The van der Waals surface area contributed by atoms with Crippen molar-refractivity contribution in [3.63, 3.8) is 0 Å². The summed E-state index contributed by atoms with van der Waals surface area (Å²) in [7, 11) is 0. The first-order chi connectivity index (χ1) is 20.9. The number of anilines is 1. The fourth-order valence-corrected chi connectivity index (χ4v) is 6.07. The molecule has 220 valence electrons. The molecule has 1 saturated heterocycles. The molecular weight excluding hydrogens is 554 g/mol. The third-order valence-corrected chi connectivity index (χ3v) is 8.33. The van der Waals surface area contributed by atoms with Gasteiger partial charge in [-0.05, 0) is 66.6 Å². The monoisotopic (exact) mass is 584 g/mol. The molecule has 3 N–H and O–H groups in total. The summed E-state index contributed by atoms with van der Waals surface area (Å²) in [6.45, 7) is 6.38. The van der Waals surface area contributed by atoms with Crippen molar-refractivity contribution in [1.29, 1.82) is 0 Å². The molecule has 1 atom stereocenters. The zero-order valence-electron chi connectivity index (χ0n) is 23.6. The van der Waals surface area contributed by atoms with Crippen molar-refractivity contribution in [1.82, 2.24) is 24.6 Å². The van der Waals surface area contributed by atoms with E-state index >= 15 is 0 Å². The van der Waals surface area contributed by atoms with Gasteiger partial charge in [0.25, 0.3) is 0 Å². The first-order valence-corrected chi connectivity index (χ1v) is 14.3. The van der Waals surface area contributed by atoms with Gasteiger partial charge in [-0.3, -0.25) is 9.69 Å². The minimum Gasteiger partial charge on any atom is -0.433 e. The molecule has 0 radical (unpaired) electrons. The number of pyridine rings is 1. The van der Waals surface area contributed by atoms with E-state index in [1.807, 2.05) is 12.1 Å². The van der Waals surface area contributed by atoms with Crippen molar-refractivity contribution < 1.29 is 23.0 Å². The molecule has 43 heavy (non-hydrogen) atoms. The lowest BCUT2D eigenvalue weighted by Crippen LogP contribution is -2.34. The van der Waals surface area contributed by atoms with E-state index in [0.29, 0.717) is 22.9 Å². The number of aromatic nitrogens is 4. The number of carbonyl (C=O) groups is 1. The Balaban J connectivity index is 1.12. The number of ketones is 1. The molecule has 3 aromatic heterocycles. The predicted molar refractivity (Wildman–Crippen MR) is 157 cm³/mol. The number of carbonyl (C=O) groups excluding carboxylic acids is 1. The van der Waals surface area contributed by atoms with Crippen LogP contribution in [0.3, 0.4) is 0 Å². The molecule has 0 saturated carbocycles. The first kappa shape index (κ1) is 27.2. The molecule has 7 rings (SSSR count). The van der Waals surface area contributed by atoms with E-state index in [1.54, 1.807) is 6.92 Å². The Bertz CT molecular complexity index is 1840. The molecule has 2 aliphatic heterocycles. The van der Waals surface area contributed by atoms with Gasteiger partial charge < -0.3 is 20.2 Å². The number of fused-ring (bicyclic) bond motifs is 3. The third kappa shape index (κ3) is 5.04.